The molecule has 2 aromatic carbocycles. The number of unbranched alkanes of at least 4 members (excludes halogenated alkanes) is 3. The average Bonchev–Trinajstić information content (AvgIpc) is 3.39. The molecule has 0 atom stereocenters. The predicted octanol–water partition coefficient (Wildman–Crippen LogP) is 2.86. The molecular formula is C35H46N3NaO6S. The number of Topliss-reactive ketones (excluding diaryl/α,β-unsaturated/α-hetero) is 1. The molecule has 0 spiro atoms. The van der Waals surface area contributed by atoms with Gasteiger partial charge in [0, 0.05) is 47.8 Å². The Bertz CT molecular complexity index is 1580. The summed E-state index contributed by atoms with van der Waals surface area (Å²) in [6.45, 7) is 5.18. The van der Waals surface area contributed by atoms with Crippen LogP contribution in [0.3, 0.4) is 0 Å². The van der Waals surface area contributed by atoms with Gasteiger partial charge in [-0.05, 0) is 87.6 Å². The summed E-state index contributed by atoms with van der Waals surface area (Å²) in [6.07, 6.45) is 6.82. The minimum absolute atomic E-state index is 0. The van der Waals surface area contributed by atoms with Gasteiger partial charge < -0.3 is 19.3 Å². The van der Waals surface area contributed by atoms with E-state index in [2.05, 4.69) is 18.3 Å². The maximum absolute atomic E-state index is 13.7. The minimum Gasteiger partial charge on any atom is -0.748 e. The topological polar surface area (TPSA) is 129 Å². The van der Waals surface area contributed by atoms with Gasteiger partial charge in [-0.2, -0.15) is 0 Å². The maximum atomic E-state index is 13.7. The Morgan fingerprint density at radius 1 is 0.935 bits per heavy atom. The summed E-state index contributed by atoms with van der Waals surface area (Å²) in [4.78, 5) is 41.8. The van der Waals surface area contributed by atoms with Crippen LogP contribution in [0.15, 0.2) is 54.6 Å². The fourth-order valence-corrected chi connectivity index (χ4v) is 6.95. The maximum Gasteiger partial charge on any atom is 1.00 e. The van der Waals surface area contributed by atoms with Crippen molar-refractivity contribution in [2.75, 3.05) is 23.7 Å². The van der Waals surface area contributed by atoms with Crippen LogP contribution >= 0.6 is 0 Å². The molecule has 0 saturated heterocycles. The molecule has 11 heteroatoms. The number of aryl methyl sites for hydroxylation is 1. The van der Waals surface area contributed by atoms with E-state index in [0.29, 0.717) is 38.0 Å². The van der Waals surface area contributed by atoms with Gasteiger partial charge in [0.25, 0.3) is 0 Å². The van der Waals surface area contributed by atoms with Crippen molar-refractivity contribution >= 4 is 44.3 Å². The molecule has 1 fully saturated rings. The number of carbonyl (C=O) groups is 3. The number of rotatable bonds is 16. The van der Waals surface area contributed by atoms with Crippen LogP contribution in [0.25, 0.3) is 10.9 Å². The van der Waals surface area contributed by atoms with Gasteiger partial charge in [-0.3, -0.25) is 14.4 Å². The van der Waals surface area contributed by atoms with Crippen molar-refractivity contribution < 1.29 is 56.9 Å². The molecule has 0 radical (unpaired) electrons. The van der Waals surface area contributed by atoms with Gasteiger partial charge in [-0.1, -0.05) is 50.1 Å². The van der Waals surface area contributed by atoms with E-state index in [1.807, 2.05) is 60.0 Å². The Kier molecular flexibility index (Phi) is 15.0. The Morgan fingerprint density at radius 3 is 2.35 bits per heavy atom. The van der Waals surface area contributed by atoms with E-state index < -0.39 is 10.1 Å². The number of hydrogen-bond acceptors (Lipinski definition) is 6. The number of anilines is 1. The van der Waals surface area contributed by atoms with Crippen molar-refractivity contribution in [3.8, 4) is 0 Å². The smallest absolute Gasteiger partial charge is 0.748 e. The van der Waals surface area contributed by atoms with Crippen molar-refractivity contribution in [2.45, 2.75) is 84.6 Å². The predicted molar refractivity (Wildman–Crippen MR) is 176 cm³/mol. The van der Waals surface area contributed by atoms with Crippen LogP contribution in [0.2, 0.25) is 0 Å². The summed E-state index contributed by atoms with van der Waals surface area (Å²) in [5.74, 6) is -0.236. The summed E-state index contributed by atoms with van der Waals surface area (Å²) < 4.78 is 33.9. The molecule has 1 aliphatic carbocycles. The van der Waals surface area contributed by atoms with E-state index in [4.69, 9.17) is 0 Å². The zero-order valence-corrected chi connectivity index (χ0v) is 30.3. The molecule has 1 N–H and O–H groups in total. The van der Waals surface area contributed by atoms with Crippen LogP contribution in [-0.4, -0.2) is 54.0 Å². The zero-order chi connectivity index (χ0) is 32.4. The van der Waals surface area contributed by atoms with Crippen molar-refractivity contribution in [1.82, 2.24) is 9.88 Å². The standard InChI is InChI=1S/C35H47N3O6S.Na/c1-3-26-12-11-14-30(22-26)37(4-2)34(40)25-38-31-15-8-7-13-29(31)24-32(38)33(39)23-27-16-18-28(19-17-27)35(41)36-20-9-5-6-10-21-45(42,43)44;/h7-8,11-15,22,24,27-28H,3-6,9-10,16-21,23,25H2,1-2H3,(H,36,41)(H,42,43,44);/q;+1/p-1. The molecule has 9 nitrogen and oxygen atoms in total. The second-order valence-corrected chi connectivity index (χ2v) is 13.7. The molecular weight excluding hydrogens is 613 g/mol. The van der Waals surface area contributed by atoms with E-state index >= 15 is 0 Å². The Morgan fingerprint density at radius 2 is 1.65 bits per heavy atom. The van der Waals surface area contributed by atoms with Crippen LogP contribution in [-0.2, 0) is 32.7 Å². The molecule has 0 bridgehead atoms. The number of likely N-dealkylation sites (N-methyl/N-ethyl adjacent to an activating group) is 1. The third-order valence-corrected chi connectivity index (χ3v) is 9.74. The van der Waals surface area contributed by atoms with Crippen LogP contribution in [0.1, 0.15) is 87.7 Å². The van der Waals surface area contributed by atoms with E-state index in [1.54, 1.807) is 4.90 Å². The molecule has 0 aliphatic heterocycles. The second kappa shape index (κ2) is 18.2. The monoisotopic (exact) mass is 659 g/mol. The minimum atomic E-state index is -4.16. The normalized spacial score (nSPS) is 16.5. The number of benzene rings is 2. The number of nitrogens with zero attached hydrogens (tertiary/aromatic N) is 2. The van der Waals surface area contributed by atoms with Crippen molar-refractivity contribution in [3.63, 3.8) is 0 Å². The van der Waals surface area contributed by atoms with E-state index in [-0.39, 0.29) is 71.3 Å². The number of nitrogens with one attached hydrogen (secondary N) is 1. The molecule has 1 saturated carbocycles. The van der Waals surface area contributed by atoms with Crippen LogP contribution in [0.4, 0.5) is 5.69 Å². The van der Waals surface area contributed by atoms with Gasteiger partial charge in [0.05, 0.1) is 15.8 Å². The van der Waals surface area contributed by atoms with Gasteiger partial charge in [0.1, 0.15) is 6.54 Å². The van der Waals surface area contributed by atoms with Crippen LogP contribution in [0.5, 0.6) is 0 Å². The van der Waals surface area contributed by atoms with E-state index in [0.717, 1.165) is 67.1 Å². The van der Waals surface area contributed by atoms with Gasteiger partial charge in [0.2, 0.25) is 11.8 Å². The van der Waals surface area contributed by atoms with Gasteiger partial charge in [0.15, 0.2) is 5.78 Å². The SMILES string of the molecule is CCc1cccc(N(CC)C(=O)Cn2c(C(=O)CC3CCC(C(=O)NCCCCCCS(=O)(=O)[O-])CC3)cc3ccccc32)c1.[Na+]. The molecule has 3 aromatic rings. The number of hydrogen-bond donors (Lipinski definition) is 1. The van der Waals surface area contributed by atoms with E-state index in [9.17, 15) is 27.4 Å². The fourth-order valence-electron chi connectivity index (χ4n) is 6.39. The molecule has 244 valence electrons. The number of fused-ring (bicyclic) bond motifs is 1. The molecule has 1 aromatic heterocycles. The number of carbonyl (C=O) groups excluding carboxylic acids is 3. The second-order valence-electron chi connectivity index (χ2n) is 12.1. The summed E-state index contributed by atoms with van der Waals surface area (Å²) in [6, 6.07) is 17.7. The zero-order valence-electron chi connectivity index (χ0n) is 27.5. The first-order valence-electron chi connectivity index (χ1n) is 16.3. The largest absolute Gasteiger partial charge is 1.00 e. The molecule has 46 heavy (non-hydrogen) atoms. The first-order chi connectivity index (χ1) is 21.6. The molecule has 1 heterocycles. The van der Waals surface area contributed by atoms with E-state index in [1.165, 1.54) is 0 Å². The van der Waals surface area contributed by atoms with Crippen molar-refractivity contribution in [3.05, 3.63) is 65.9 Å². The molecule has 1 aliphatic rings. The summed E-state index contributed by atoms with van der Waals surface area (Å²) >= 11 is 0. The third-order valence-electron chi connectivity index (χ3n) is 8.95. The molecule has 0 unspecified atom stereocenters. The fraction of sp³-hybridized carbons (Fsp3) is 0.514. The molecule has 4 rings (SSSR count). The number of ketones is 1. The third kappa shape index (κ3) is 10.8. The number of para-hydroxylation sites is 1. The molecule has 2 amide bonds. The van der Waals surface area contributed by atoms with Crippen molar-refractivity contribution in [1.29, 1.82) is 0 Å². The number of amides is 2. The van der Waals surface area contributed by atoms with Gasteiger partial charge in [-0.25, -0.2) is 8.42 Å². The number of aromatic nitrogens is 1. The average molecular weight is 660 g/mol. The Balaban J connectivity index is 0.00000576. The summed E-state index contributed by atoms with van der Waals surface area (Å²) in [7, 11) is -4.16. The first kappa shape index (κ1) is 38.0. The van der Waals surface area contributed by atoms with Gasteiger partial charge >= 0.3 is 29.6 Å². The summed E-state index contributed by atoms with van der Waals surface area (Å²) in [5.41, 5.74) is 3.44. The van der Waals surface area contributed by atoms with Crippen LogP contribution < -0.4 is 39.8 Å². The first-order valence-corrected chi connectivity index (χ1v) is 17.9. The van der Waals surface area contributed by atoms with Crippen LogP contribution in [0, 0.1) is 11.8 Å². The van der Waals surface area contributed by atoms with Gasteiger partial charge in [-0.15, -0.1) is 0 Å². The Labute approximate surface area is 295 Å². The van der Waals surface area contributed by atoms with Crippen molar-refractivity contribution in [2.24, 2.45) is 11.8 Å². The Hall–Kier alpha value is -2.50. The summed E-state index contributed by atoms with van der Waals surface area (Å²) in [5, 5.41) is 3.92. The quantitative estimate of drug-likeness (QED) is 0.109.